The van der Waals surface area contributed by atoms with E-state index in [9.17, 15) is 9.90 Å². The van der Waals surface area contributed by atoms with Gasteiger partial charge in [-0.1, -0.05) is 20.8 Å². The fourth-order valence-corrected chi connectivity index (χ4v) is 1.58. The standard InChI is InChI=1S/C13H24N4O2/c1-5-13(4,9-18)16-12(19)15-11-6-14-17(8-11)7-10(2)3/h6,8,10,18H,5,7,9H2,1-4H3,(H2,15,16,19). The summed E-state index contributed by atoms with van der Waals surface area (Å²) in [6, 6.07) is -0.331. The van der Waals surface area contributed by atoms with E-state index in [1.54, 1.807) is 24.0 Å². The van der Waals surface area contributed by atoms with Crippen molar-refractivity contribution in [3.8, 4) is 0 Å². The minimum absolute atomic E-state index is 0.0937. The summed E-state index contributed by atoms with van der Waals surface area (Å²) in [5, 5.41) is 18.9. The number of carbonyl (C=O) groups excluding carboxylic acids is 1. The zero-order valence-electron chi connectivity index (χ0n) is 12.1. The molecule has 0 aromatic carbocycles. The average Bonchev–Trinajstić information content (AvgIpc) is 2.75. The number of anilines is 1. The third kappa shape index (κ3) is 4.90. The Hall–Kier alpha value is -1.56. The minimum Gasteiger partial charge on any atom is -0.394 e. The van der Waals surface area contributed by atoms with Gasteiger partial charge in [0, 0.05) is 12.7 Å². The summed E-state index contributed by atoms with van der Waals surface area (Å²) >= 11 is 0. The Kier molecular flexibility index (Phi) is 5.35. The molecule has 1 aromatic heterocycles. The number of aliphatic hydroxyl groups is 1. The summed E-state index contributed by atoms with van der Waals surface area (Å²) in [5.41, 5.74) is 0.0485. The minimum atomic E-state index is -0.599. The van der Waals surface area contributed by atoms with Gasteiger partial charge in [0.1, 0.15) is 0 Å². The van der Waals surface area contributed by atoms with E-state index in [1.807, 2.05) is 6.92 Å². The highest BCUT2D eigenvalue weighted by molar-refractivity contribution is 5.89. The highest BCUT2D eigenvalue weighted by atomic mass is 16.3. The van der Waals surface area contributed by atoms with Gasteiger partial charge in [0.25, 0.3) is 0 Å². The summed E-state index contributed by atoms with van der Waals surface area (Å²) in [7, 11) is 0. The van der Waals surface area contributed by atoms with Crippen LogP contribution in [-0.2, 0) is 6.54 Å². The van der Waals surface area contributed by atoms with Gasteiger partial charge in [0.2, 0.25) is 0 Å². The van der Waals surface area contributed by atoms with Crippen LogP contribution in [0.3, 0.4) is 0 Å². The van der Waals surface area contributed by atoms with E-state index in [0.717, 1.165) is 6.54 Å². The van der Waals surface area contributed by atoms with E-state index in [1.165, 1.54) is 0 Å². The molecule has 6 nitrogen and oxygen atoms in total. The third-order valence-corrected chi connectivity index (χ3v) is 2.99. The Labute approximate surface area is 114 Å². The Bertz CT molecular complexity index is 411. The zero-order chi connectivity index (χ0) is 14.5. The van der Waals surface area contributed by atoms with Crippen LogP contribution in [0.5, 0.6) is 0 Å². The maximum Gasteiger partial charge on any atom is 0.319 e. The maximum atomic E-state index is 11.8. The van der Waals surface area contributed by atoms with Crippen molar-refractivity contribution < 1.29 is 9.90 Å². The number of aromatic nitrogens is 2. The molecule has 19 heavy (non-hydrogen) atoms. The zero-order valence-corrected chi connectivity index (χ0v) is 12.1. The molecule has 1 aromatic rings. The van der Waals surface area contributed by atoms with E-state index in [-0.39, 0.29) is 12.6 Å². The number of hydrogen-bond donors (Lipinski definition) is 3. The molecule has 0 saturated carbocycles. The highest BCUT2D eigenvalue weighted by Crippen LogP contribution is 2.10. The molecule has 0 saturated heterocycles. The van der Waals surface area contributed by atoms with Crippen LogP contribution in [0.2, 0.25) is 0 Å². The van der Waals surface area contributed by atoms with Gasteiger partial charge in [0.05, 0.1) is 24.0 Å². The van der Waals surface area contributed by atoms with E-state index in [0.29, 0.717) is 18.0 Å². The molecule has 0 aliphatic carbocycles. The van der Waals surface area contributed by atoms with Crippen molar-refractivity contribution >= 4 is 11.7 Å². The molecule has 1 unspecified atom stereocenters. The molecule has 1 rings (SSSR count). The number of rotatable bonds is 6. The first-order valence-electron chi connectivity index (χ1n) is 6.61. The van der Waals surface area contributed by atoms with Gasteiger partial charge in [-0.3, -0.25) is 4.68 Å². The van der Waals surface area contributed by atoms with Crippen molar-refractivity contribution in [1.29, 1.82) is 0 Å². The second kappa shape index (κ2) is 6.56. The van der Waals surface area contributed by atoms with Crippen molar-refractivity contribution in [2.45, 2.75) is 46.2 Å². The average molecular weight is 268 g/mol. The summed E-state index contributed by atoms with van der Waals surface area (Å²) < 4.78 is 1.80. The third-order valence-electron chi connectivity index (χ3n) is 2.99. The fraction of sp³-hybridized carbons (Fsp3) is 0.692. The summed E-state index contributed by atoms with van der Waals surface area (Å²) in [4.78, 5) is 11.8. The number of urea groups is 1. The molecule has 0 aliphatic heterocycles. The number of nitrogens with zero attached hydrogens (tertiary/aromatic N) is 2. The van der Waals surface area contributed by atoms with Crippen LogP contribution < -0.4 is 10.6 Å². The van der Waals surface area contributed by atoms with Crippen molar-refractivity contribution in [2.24, 2.45) is 5.92 Å². The van der Waals surface area contributed by atoms with Crippen LogP contribution in [0.1, 0.15) is 34.1 Å². The Balaban J connectivity index is 2.55. The SMILES string of the molecule is CCC(C)(CO)NC(=O)Nc1cnn(CC(C)C)c1. The lowest BCUT2D eigenvalue weighted by Gasteiger charge is -2.26. The van der Waals surface area contributed by atoms with E-state index in [2.05, 4.69) is 29.6 Å². The maximum absolute atomic E-state index is 11.8. The molecule has 1 heterocycles. The lowest BCUT2D eigenvalue weighted by Crippen LogP contribution is -2.50. The van der Waals surface area contributed by atoms with Crippen LogP contribution in [0.4, 0.5) is 10.5 Å². The van der Waals surface area contributed by atoms with Gasteiger partial charge in [-0.05, 0) is 19.3 Å². The van der Waals surface area contributed by atoms with Crippen molar-refractivity contribution in [1.82, 2.24) is 15.1 Å². The molecule has 108 valence electrons. The number of amides is 2. The summed E-state index contributed by atoms with van der Waals surface area (Å²) in [6.07, 6.45) is 4.07. The summed E-state index contributed by atoms with van der Waals surface area (Å²) in [6.45, 7) is 8.65. The number of carbonyl (C=O) groups is 1. The van der Waals surface area contributed by atoms with Crippen LogP contribution in [-0.4, -0.2) is 33.1 Å². The van der Waals surface area contributed by atoms with Crippen LogP contribution in [0, 0.1) is 5.92 Å². The molecule has 6 heteroatoms. The van der Waals surface area contributed by atoms with Crippen LogP contribution >= 0.6 is 0 Å². The number of hydrogen-bond acceptors (Lipinski definition) is 3. The summed E-state index contributed by atoms with van der Waals surface area (Å²) in [5.74, 6) is 0.499. The molecule has 0 fully saturated rings. The van der Waals surface area contributed by atoms with Gasteiger partial charge < -0.3 is 15.7 Å². The van der Waals surface area contributed by atoms with Crippen LogP contribution in [0.15, 0.2) is 12.4 Å². The molecule has 2 amide bonds. The largest absolute Gasteiger partial charge is 0.394 e. The normalized spacial score (nSPS) is 14.2. The lowest BCUT2D eigenvalue weighted by atomic mass is 10.0. The quantitative estimate of drug-likeness (QED) is 0.736. The lowest BCUT2D eigenvalue weighted by molar-refractivity contribution is 0.172. The second-order valence-corrected chi connectivity index (χ2v) is 5.50. The van der Waals surface area contributed by atoms with Gasteiger partial charge in [0.15, 0.2) is 0 Å². The van der Waals surface area contributed by atoms with Gasteiger partial charge in [-0.15, -0.1) is 0 Å². The van der Waals surface area contributed by atoms with Crippen LogP contribution in [0.25, 0.3) is 0 Å². The van der Waals surface area contributed by atoms with Crippen molar-refractivity contribution in [3.63, 3.8) is 0 Å². The van der Waals surface area contributed by atoms with Gasteiger partial charge in [-0.2, -0.15) is 5.10 Å². The first kappa shape index (κ1) is 15.5. The number of nitrogens with one attached hydrogen (secondary N) is 2. The molecule has 0 aliphatic rings. The van der Waals surface area contributed by atoms with Crippen molar-refractivity contribution in [2.75, 3.05) is 11.9 Å². The smallest absolute Gasteiger partial charge is 0.319 e. The fourth-order valence-electron chi connectivity index (χ4n) is 1.58. The Morgan fingerprint density at radius 2 is 2.26 bits per heavy atom. The topological polar surface area (TPSA) is 79.2 Å². The monoisotopic (exact) mass is 268 g/mol. The molecule has 3 N–H and O–H groups in total. The van der Waals surface area contributed by atoms with E-state index < -0.39 is 5.54 Å². The predicted molar refractivity (Wildman–Crippen MR) is 75.0 cm³/mol. The Morgan fingerprint density at radius 3 is 2.79 bits per heavy atom. The Morgan fingerprint density at radius 1 is 1.58 bits per heavy atom. The molecule has 0 bridgehead atoms. The molecule has 1 atom stereocenters. The molecule has 0 spiro atoms. The van der Waals surface area contributed by atoms with E-state index in [4.69, 9.17) is 0 Å². The van der Waals surface area contributed by atoms with Crippen molar-refractivity contribution in [3.05, 3.63) is 12.4 Å². The van der Waals surface area contributed by atoms with Gasteiger partial charge >= 0.3 is 6.03 Å². The number of aliphatic hydroxyl groups excluding tert-OH is 1. The van der Waals surface area contributed by atoms with Gasteiger partial charge in [-0.25, -0.2) is 4.79 Å². The highest BCUT2D eigenvalue weighted by Gasteiger charge is 2.23. The van der Waals surface area contributed by atoms with E-state index >= 15 is 0 Å². The first-order valence-corrected chi connectivity index (χ1v) is 6.61. The molecule has 0 radical (unpaired) electrons. The second-order valence-electron chi connectivity index (χ2n) is 5.50. The first-order chi connectivity index (χ1) is 8.88. The molecular formula is C13H24N4O2. The predicted octanol–water partition coefficient (Wildman–Crippen LogP) is 1.82. The molecular weight excluding hydrogens is 244 g/mol.